The normalized spacial score (nSPS) is 29.2. The molecular formula is C14H23N5O2. The van der Waals surface area contributed by atoms with Crippen molar-refractivity contribution in [2.45, 2.75) is 51.2 Å². The molecule has 2 heterocycles. The molecule has 1 aliphatic carbocycles. The lowest BCUT2D eigenvalue weighted by Crippen LogP contribution is -2.49. The Labute approximate surface area is 124 Å². The third-order valence-electron chi connectivity index (χ3n) is 5.02. The van der Waals surface area contributed by atoms with Crippen LogP contribution in [0.5, 0.6) is 0 Å². The van der Waals surface area contributed by atoms with Crippen molar-refractivity contribution < 1.29 is 9.53 Å². The maximum atomic E-state index is 12.4. The first-order chi connectivity index (χ1) is 10.2. The number of hydrogen-bond donors (Lipinski definition) is 0. The summed E-state index contributed by atoms with van der Waals surface area (Å²) in [5.41, 5.74) is 0.192. The Hall–Kier alpha value is -1.50. The van der Waals surface area contributed by atoms with Gasteiger partial charge in [-0.1, -0.05) is 6.42 Å². The van der Waals surface area contributed by atoms with Gasteiger partial charge in [-0.2, -0.15) is 0 Å². The molecule has 3 rings (SSSR count). The third kappa shape index (κ3) is 2.92. The first-order valence-electron chi connectivity index (χ1n) is 7.75. The van der Waals surface area contributed by atoms with Crippen LogP contribution in [0.25, 0.3) is 0 Å². The van der Waals surface area contributed by atoms with Crippen molar-refractivity contribution in [1.29, 1.82) is 0 Å². The van der Waals surface area contributed by atoms with Crippen molar-refractivity contribution in [2.75, 3.05) is 20.2 Å². The number of aromatic nitrogens is 4. The number of carbonyl (C=O) groups is 1. The molecule has 0 N–H and O–H groups in total. The number of hydrogen-bond acceptors (Lipinski definition) is 5. The van der Waals surface area contributed by atoms with E-state index in [-0.39, 0.29) is 11.3 Å². The smallest absolute Gasteiger partial charge is 0.224 e. The number of tetrazole rings is 1. The molecule has 2 atom stereocenters. The number of piperidine rings is 1. The second kappa shape index (κ2) is 6.09. The molecule has 21 heavy (non-hydrogen) atoms. The molecule has 1 saturated heterocycles. The van der Waals surface area contributed by atoms with Gasteiger partial charge in [0, 0.05) is 32.0 Å². The molecule has 1 spiro atoms. The number of rotatable bonds is 4. The highest BCUT2D eigenvalue weighted by molar-refractivity contribution is 5.76. The summed E-state index contributed by atoms with van der Waals surface area (Å²) in [5, 5.41) is 11.0. The van der Waals surface area contributed by atoms with Gasteiger partial charge in [0.15, 0.2) is 0 Å². The van der Waals surface area contributed by atoms with Gasteiger partial charge >= 0.3 is 0 Å². The Morgan fingerprint density at radius 3 is 3.05 bits per heavy atom. The first-order valence-corrected chi connectivity index (χ1v) is 7.75. The fourth-order valence-corrected chi connectivity index (χ4v) is 3.97. The van der Waals surface area contributed by atoms with E-state index in [0.717, 1.165) is 25.9 Å². The Morgan fingerprint density at radius 1 is 1.43 bits per heavy atom. The van der Waals surface area contributed by atoms with Crippen LogP contribution in [-0.4, -0.2) is 57.3 Å². The van der Waals surface area contributed by atoms with Crippen LogP contribution >= 0.6 is 0 Å². The van der Waals surface area contributed by atoms with Gasteiger partial charge in [0.2, 0.25) is 5.91 Å². The van der Waals surface area contributed by atoms with Crippen molar-refractivity contribution in [3.63, 3.8) is 0 Å². The average molecular weight is 293 g/mol. The van der Waals surface area contributed by atoms with Gasteiger partial charge < -0.3 is 9.64 Å². The molecule has 1 aromatic rings. The SMILES string of the molecule is CO[C@@H]1CCC[C@]12CCCN(C(=O)CCn1cnnn1)C2. The highest BCUT2D eigenvalue weighted by Gasteiger charge is 2.46. The van der Waals surface area contributed by atoms with E-state index in [0.29, 0.717) is 19.1 Å². The van der Waals surface area contributed by atoms with E-state index in [1.807, 2.05) is 4.90 Å². The van der Waals surface area contributed by atoms with Gasteiger partial charge in [0.05, 0.1) is 12.6 Å². The molecule has 1 amide bonds. The van der Waals surface area contributed by atoms with Crippen molar-refractivity contribution in [1.82, 2.24) is 25.1 Å². The Balaban J connectivity index is 1.59. The van der Waals surface area contributed by atoms with E-state index < -0.39 is 0 Å². The fraction of sp³-hybridized carbons (Fsp3) is 0.857. The van der Waals surface area contributed by atoms with Crippen molar-refractivity contribution in [2.24, 2.45) is 5.41 Å². The van der Waals surface area contributed by atoms with Crippen LogP contribution in [0.1, 0.15) is 38.5 Å². The highest BCUT2D eigenvalue weighted by Crippen LogP contribution is 2.46. The largest absolute Gasteiger partial charge is 0.381 e. The number of aryl methyl sites for hydroxylation is 1. The molecule has 0 aromatic carbocycles. The highest BCUT2D eigenvalue weighted by atomic mass is 16.5. The summed E-state index contributed by atoms with van der Waals surface area (Å²) >= 11 is 0. The molecule has 2 aliphatic rings. The summed E-state index contributed by atoms with van der Waals surface area (Å²) in [5.74, 6) is 0.200. The third-order valence-corrected chi connectivity index (χ3v) is 5.02. The number of amides is 1. The standard InChI is InChI=1S/C14H23N5O2/c1-21-12-4-2-6-14(12)7-3-8-18(10-14)13(20)5-9-19-11-15-16-17-19/h11-12H,2-10H2,1H3/t12-,14-/m1/s1. The number of likely N-dealkylation sites (tertiary alicyclic amines) is 1. The van der Waals surface area contributed by atoms with Gasteiger partial charge in [-0.25, -0.2) is 4.68 Å². The maximum absolute atomic E-state index is 12.4. The summed E-state index contributed by atoms with van der Waals surface area (Å²) in [4.78, 5) is 14.5. The summed E-state index contributed by atoms with van der Waals surface area (Å²) in [6, 6.07) is 0. The molecule has 0 unspecified atom stereocenters. The average Bonchev–Trinajstić information content (AvgIpc) is 3.14. The van der Waals surface area contributed by atoms with E-state index in [4.69, 9.17) is 4.74 Å². The fourth-order valence-electron chi connectivity index (χ4n) is 3.97. The summed E-state index contributed by atoms with van der Waals surface area (Å²) < 4.78 is 7.29. The van der Waals surface area contributed by atoms with Crippen molar-refractivity contribution in [3.8, 4) is 0 Å². The van der Waals surface area contributed by atoms with Crippen LogP contribution in [0.3, 0.4) is 0 Å². The zero-order valence-electron chi connectivity index (χ0n) is 12.6. The minimum Gasteiger partial charge on any atom is -0.381 e. The molecule has 0 radical (unpaired) electrons. The maximum Gasteiger partial charge on any atom is 0.224 e. The molecule has 1 saturated carbocycles. The van der Waals surface area contributed by atoms with E-state index in [1.54, 1.807) is 18.1 Å². The van der Waals surface area contributed by atoms with Gasteiger partial charge in [0.1, 0.15) is 6.33 Å². The van der Waals surface area contributed by atoms with Gasteiger partial charge in [-0.15, -0.1) is 5.10 Å². The zero-order valence-corrected chi connectivity index (χ0v) is 12.6. The van der Waals surface area contributed by atoms with Crippen LogP contribution in [0.4, 0.5) is 0 Å². The van der Waals surface area contributed by atoms with Crippen molar-refractivity contribution in [3.05, 3.63) is 6.33 Å². The number of carbonyl (C=O) groups excluding carboxylic acids is 1. The Kier molecular flexibility index (Phi) is 4.19. The summed E-state index contributed by atoms with van der Waals surface area (Å²) in [6.07, 6.45) is 8.10. The van der Waals surface area contributed by atoms with Crippen LogP contribution in [0.15, 0.2) is 6.33 Å². The minimum absolute atomic E-state index is 0.192. The first kappa shape index (κ1) is 14.4. The monoisotopic (exact) mass is 293 g/mol. The lowest BCUT2D eigenvalue weighted by Gasteiger charge is -2.43. The van der Waals surface area contributed by atoms with E-state index in [1.165, 1.54) is 19.3 Å². The second-order valence-electron chi connectivity index (χ2n) is 6.22. The number of ether oxygens (including phenoxy) is 1. The number of nitrogens with zero attached hydrogens (tertiary/aromatic N) is 5. The van der Waals surface area contributed by atoms with E-state index >= 15 is 0 Å². The minimum atomic E-state index is 0.192. The van der Waals surface area contributed by atoms with Gasteiger partial charge in [-0.3, -0.25) is 4.79 Å². The Morgan fingerprint density at radius 2 is 2.29 bits per heavy atom. The van der Waals surface area contributed by atoms with Crippen LogP contribution < -0.4 is 0 Å². The lowest BCUT2D eigenvalue weighted by molar-refractivity contribution is -0.137. The van der Waals surface area contributed by atoms with Crippen LogP contribution in [0, 0.1) is 5.41 Å². The second-order valence-corrected chi connectivity index (χ2v) is 6.22. The summed E-state index contributed by atoms with van der Waals surface area (Å²) in [7, 11) is 1.80. The van der Waals surface area contributed by atoms with Gasteiger partial charge in [-0.05, 0) is 36.1 Å². The zero-order chi connectivity index (χ0) is 14.7. The molecule has 0 bridgehead atoms. The topological polar surface area (TPSA) is 73.1 Å². The molecule has 116 valence electrons. The lowest BCUT2D eigenvalue weighted by atomic mass is 9.76. The molecule has 2 fully saturated rings. The molecular weight excluding hydrogens is 270 g/mol. The molecule has 7 nitrogen and oxygen atoms in total. The Bertz CT molecular complexity index is 478. The predicted octanol–water partition coefficient (Wildman–Crippen LogP) is 0.871. The molecule has 1 aliphatic heterocycles. The summed E-state index contributed by atoms with van der Waals surface area (Å²) in [6.45, 7) is 2.26. The van der Waals surface area contributed by atoms with E-state index in [9.17, 15) is 4.79 Å². The van der Waals surface area contributed by atoms with Gasteiger partial charge in [0.25, 0.3) is 0 Å². The molecule has 1 aromatic heterocycles. The number of methoxy groups -OCH3 is 1. The van der Waals surface area contributed by atoms with Crippen molar-refractivity contribution >= 4 is 5.91 Å². The van der Waals surface area contributed by atoms with Crippen LogP contribution in [-0.2, 0) is 16.1 Å². The molecule has 7 heteroatoms. The quantitative estimate of drug-likeness (QED) is 0.823. The van der Waals surface area contributed by atoms with Crippen LogP contribution in [0.2, 0.25) is 0 Å². The predicted molar refractivity (Wildman–Crippen MR) is 75.3 cm³/mol. The van der Waals surface area contributed by atoms with E-state index in [2.05, 4.69) is 15.5 Å².